The molecule has 0 aromatic heterocycles. The molecule has 0 spiro atoms. The summed E-state index contributed by atoms with van der Waals surface area (Å²) in [6.45, 7) is 8.02. The zero-order chi connectivity index (χ0) is 11.0. The Morgan fingerprint density at radius 1 is 1.33 bits per heavy atom. The third-order valence-corrected chi connectivity index (χ3v) is 3.48. The SMILES string of the molecule is CCc1ccc(C(C)C)c2c1N(C)CC2. The molecule has 1 aliphatic heterocycles. The molecule has 0 amide bonds. The number of rotatable bonds is 2. The first-order valence-corrected chi connectivity index (χ1v) is 6.01. The van der Waals surface area contributed by atoms with Gasteiger partial charge in [-0.15, -0.1) is 0 Å². The molecule has 0 radical (unpaired) electrons. The van der Waals surface area contributed by atoms with Crippen LogP contribution in [0.1, 0.15) is 43.4 Å². The molecule has 0 unspecified atom stereocenters. The number of hydrogen-bond acceptors (Lipinski definition) is 1. The summed E-state index contributed by atoms with van der Waals surface area (Å²) in [4.78, 5) is 2.42. The van der Waals surface area contributed by atoms with E-state index in [1.807, 2.05) is 0 Å². The Labute approximate surface area is 93.1 Å². The first-order valence-electron chi connectivity index (χ1n) is 6.01. The lowest BCUT2D eigenvalue weighted by molar-refractivity contribution is 0.846. The highest BCUT2D eigenvalue weighted by atomic mass is 15.1. The van der Waals surface area contributed by atoms with Crippen LogP contribution in [-0.4, -0.2) is 13.6 Å². The van der Waals surface area contributed by atoms with E-state index in [-0.39, 0.29) is 0 Å². The average Bonchev–Trinajstić information content (AvgIpc) is 2.60. The number of aryl methyl sites for hydroxylation is 1. The van der Waals surface area contributed by atoms with Gasteiger partial charge in [0, 0.05) is 19.3 Å². The highest BCUT2D eigenvalue weighted by Gasteiger charge is 2.22. The van der Waals surface area contributed by atoms with Gasteiger partial charge in [-0.2, -0.15) is 0 Å². The molecule has 1 heteroatoms. The first kappa shape index (κ1) is 10.5. The summed E-state index contributed by atoms with van der Waals surface area (Å²) in [6, 6.07) is 4.65. The number of nitrogens with zero attached hydrogens (tertiary/aromatic N) is 1. The van der Waals surface area contributed by atoms with Crippen LogP contribution in [0.2, 0.25) is 0 Å². The van der Waals surface area contributed by atoms with Crippen LogP contribution in [0.3, 0.4) is 0 Å². The van der Waals surface area contributed by atoms with Crippen LogP contribution in [0, 0.1) is 0 Å². The average molecular weight is 203 g/mol. The predicted molar refractivity (Wildman–Crippen MR) is 66.9 cm³/mol. The molecule has 0 saturated heterocycles. The quantitative estimate of drug-likeness (QED) is 0.712. The van der Waals surface area contributed by atoms with Crippen LogP contribution in [-0.2, 0) is 12.8 Å². The van der Waals surface area contributed by atoms with E-state index in [1.54, 1.807) is 11.1 Å². The van der Waals surface area contributed by atoms with Crippen LogP contribution in [0.25, 0.3) is 0 Å². The monoisotopic (exact) mass is 203 g/mol. The van der Waals surface area contributed by atoms with Crippen LogP contribution in [0.15, 0.2) is 12.1 Å². The van der Waals surface area contributed by atoms with E-state index in [0.29, 0.717) is 5.92 Å². The lowest BCUT2D eigenvalue weighted by Gasteiger charge is -2.19. The number of likely N-dealkylation sites (N-methyl/N-ethyl adjacent to an activating group) is 1. The molecule has 1 aliphatic rings. The second-order valence-corrected chi connectivity index (χ2v) is 4.82. The molecule has 1 nitrogen and oxygen atoms in total. The van der Waals surface area contributed by atoms with Gasteiger partial charge in [-0.05, 0) is 35.4 Å². The van der Waals surface area contributed by atoms with Gasteiger partial charge >= 0.3 is 0 Å². The van der Waals surface area contributed by atoms with Crippen molar-refractivity contribution < 1.29 is 0 Å². The summed E-state index contributed by atoms with van der Waals surface area (Å²) in [7, 11) is 2.22. The highest BCUT2D eigenvalue weighted by Crippen LogP contribution is 2.36. The van der Waals surface area contributed by atoms with E-state index in [1.165, 1.54) is 24.2 Å². The van der Waals surface area contributed by atoms with E-state index in [2.05, 4.69) is 44.9 Å². The van der Waals surface area contributed by atoms with E-state index in [9.17, 15) is 0 Å². The van der Waals surface area contributed by atoms with E-state index < -0.39 is 0 Å². The summed E-state index contributed by atoms with van der Waals surface area (Å²) in [5.41, 5.74) is 6.18. The minimum atomic E-state index is 0.649. The summed E-state index contributed by atoms with van der Waals surface area (Å²) in [5.74, 6) is 0.649. The molecule has 0 fully saturated rings. The lowest BCUT2D eigenvalue weighted by Crippen LogP contribution is -2.14. The van der Waals surface area contributed by atoms with E-state index >= 15 is 0 Å². The Bertz CT molecular complexity index is 366. The predicted octanol–water partition coefficient (Wildman–Crippen LogP) is 3.36. The van der Waals surface area contributed by atoms with Gasteiger partial charge in [-0.3, -0.25) is 0 Å². The van der Waals surface area contributed by atoms with Gasteiger partial charge in [0.1, 0.15) is 0 Å². The van der Waals surface area contributed by atoms with Crippen molar-refractivity contribution in [3.8, 4) is 0 Å². The lowest BCUT2D eigenvalue weighted by atomic mass is 9.92. The number of hydrogen-bond donors (Lipinski definition) is 0. The minimum absolute atomic E-state index is 0.649. The van der Waals surface area contributed by atoms with Crippen LogP contribution in [0.5, 0.6) is 0 Å². The van der Waals surface area contributed by atoms with Crippen molar-refractivity contribution in [2.24, 2.45) is 0 Å². The standard InChI is InChI=1S/C14H21N/c1-5-11-6-7-12(10(2)3)13-8-9-15(4)14(11)13/h6-7,10H,5,8-9H2,1-4H3. The normalized spacial score (nSPS) is 14.9. The van der Waals surface area contributed by atoms with Gasteiger partial charge in [0.25, 0.3) is 0 Å². The minimum Gasteiger partial charge on any atom is -0.374 e. The zero-order valence-corrected chi connectivity index (χ0v) is 10.3. The Morgan fingerprint density at radius 3 is 2.67 bits per heavy atom. The molecular weight excluding hydrogens is 182 g/mol. The molecule has 2 rings (SSSR count). The fourth-order valence-corrected chi connectivity index (χ4v) is 2.66. The van der Waals surface area contributed by atoms with Crippen molar-refractivity contribution in [1.29, 1.82) is 0 Å². The molecule has 15 heavy (non-hydrogen) atoms. The summed E-state index contributed by atoms with van der Waals surface area (Å²) >= 11 is 0. The van der Waals surface area contributed by atoms with E-state index in [4.69, 9.17) is 0 Å². The molecule has 0 N–H and O–H groups in total. The van der Waals surface area contributed by atoms with Crippen molar-refractivity contribution in [3.63, 3.8) is 0 Å². The molecule has 0 saturated carbocycles. The molecule has 1 aromatic carbocycles. The van der Waals surface area contributed by atoms with Gasteiger partial charge < -0.3 is 4.90 Å². The van der Waals surface area contributed by atoms with Gasteiger partial charge in [0.2, 0.25) is 0 Å². The molecule has 0 atom stereocenters. The summed E-state index contributed by atoms with van der Waals surface area (Å²) in [5, 5.41) is 0. The molecule has 0 bridgehead atoms. The maximum Gasteiger partial charge on any atom is 0.0432 e. The fourth-order valence-electron chi connectivity index (χ4n) is 2.66. The van der Waals surface area contributed by atoms with Crippen molar-refractivity contribution in [2.75, 3.05) is 18.5 Å². The van der Waals surface area contributed by atoms with Crippen LogP contribution >= 0.6 is 0 Å². The molecular formula is C14H21N. The maximum atomic E-state index is 2.42. The van der Waals surface area contributed by atoms with Gasteiger partial charge in [-0.25, -0.2) is 0 Å². The fraction of sp³-hybridized carbons (Fsp3) is 0.571. The number of benzene rings is 1. The van der Waals surface area contributed by atoms with Crippen molar-refractivity contribution in [1.82, 2.24) is 0 Å². The largest absolute Gasteiger partial charge is 0.374 e. The molecule has 82 valence electrons. The Hall–Kier alpha value is -0.980. The van der Waals surface area contributed by atoms with Gasteiger partial charge in [0.05, 0.1) is 0 Å². The van der Waals surface area contributed by atoms with Gasteiger partial charge in [0.15, 0.2) is 0 Å². The third-order valence-electron chi connectivity index (χ3n) is 3.48. The molecule has 1 aromatic rings. The van der Waals surface area contributed by atoms with Crippen molar-refractivity contribution in [3.05, 3.63) is 28.8 Å². The summed E-state index contributed by atoms with van der Waals surface area (Å²) < 4.78 is 0. The van der Waals surface area contributed by atoms with Crippen LogP contribution in [0.4, 0.5) is 5.69 Å². The molecule has 0 aliphatic carbocycles. The van der Waals surface area contributed by atoms with Gasteiger partial charge in [-0.1, -0.05) is 32.9 Å². The molecule has 1 heterocycles. The second kappa shape index (κ2) is 3.88. The first-order chi connectivity index (χ1) is 7.15. The second-order valence-electron chi connectivity index (χ2n) is 4.82. The smallest absolute Gasteiger partial charge is 0.0432 e. The van der Waals surface area contributed by atoms with Crippen LogP contribution < -0.4 is 4.90 Å². The van der Waals surface area contributed by atoms with E-state index in [0.717, 1.165) is 6.42 Å². The third kappa shape index (κ3) is 1.64. The summed E-state index contributed by atoms with van der Waals surface area (Å²) in [6.07, 6.45) is 2.37. The topological polar surface area (TPSA) is 3.24 Å². The number of fused-ring (bicyclic) bond motifs is 1. The Balaban J connectivity index is 2.57. The Kier molecular flexibility index (Phi) is 2.72. The maximum absolute atomic E-state index is 2.42. The zero-order valence-electron chi connectivity index (χ0n) is 10.3. The van der Waals surface area contributed by atoms with Crippen molar-refractivity contribution >= 4 is 5.69 Å². The number of anilines is 1. The van der Waals surface area contributed by atoms with Crippen molar-refractivity contribution in [2.45, 2.75) is 39.5 Å². The Morgan fingerprint density at radius 2 is 2.07 bits per heavy atom. The highest BCUT2D eigenvalue weighted by molar-refractivity contribution is 5.66.